The van der Waals surface area contributed by atoms with Crippen molar-refractivity contribution in [2.45, 2.75) is 32.4 Å². The van der Waals surface area contributed by atoms with Crippen molar-refractivity contribution in [3.8, 4) is 5.75 Å². The zero-order valence-corrected chi connectivity index (χ0v) is 17.2. The molecular weight excluding hydrogens is 362 g/mol. The van der Waals surface area contributed by atoms with E-state index >= 15 is 0 Å². The van der Waals surface area contributed by atoms with Gasteiger partial charge in [0, 0.05) is 44.5 Å². The highest BCUT2D eigenvalue weighted by atomic mass is 16.3. The molecule has 1 atom stereocenters. The molecule has 2 aliphatic rings. The lowest BCUT2D eigenvalue weighted by Crippen LogP contribution is -2.51. The summed E-state index contributed by atoms with van der Waals surface area (Å²) in [5.41, 5.74) is 2.33. The van der Waals surface area contributed by atoms with Crippen molar-refractivity contribution in [1.29, 1.82) is 0 Å². The standard InChI is InChI=1S/C24H31N3O2/c1-19(21-7-8-21)27(17-20-5-3-2-4-6-20)24(29)18-25-13-15-26(16-14-25)22-9-11-23(28)12-10-22/h2-6,9-12,19,21,28H,7-8,13-18H2,1H3/t19-/m1/s1. The predicted molar refractivity (Wildman–Crippen MR) is 116 cm³/mol. The fourth-order valence-electron chi connectivity index (χ4n) is 4.18. The van der Waals surface area contributed by atoms with Gasteiger partial charge in [0.25, 0.3) is 0 Å². The first-order valence-corrected chi connectivity index (χ1v) is 10.7. The smallest absolute Gasteiger partial charge is 0.237 e. The van der Waals surface area contributed by atoms with E-state index in [1.165, 1.54) is 18.4 Å². The number of phenolic OH excluding ortho intramolecular Hbond substituents is 1. The summed E-state index contributed by atoms with van der Waals surface area (Å²) in [4.78, 5) is 19.9. The average Bonchev–Trinajstić information content (AvgIpc) is 3.59. The Balaban J connectivity index is 1.34. The van der Waals surface area contributed by atoms with Crippen LogP contribution in [0.15, 0.2) is 54.6 Å². The monoisotopic (exact) mass is 393 g/mol. The molecule has 0 unspecified atom stereocenters. The Morgan fingerprint density at radius 3 is 2.31 bits per heavy atom. The number of rotatable bonds is 7. The van der Waals surface area contributed by atoms with E-state index in [0.29, 0.717) is 30.8 Å². The van der Waals surface area contributed by atoms with Crippen LogP contribution in [0.1, 0.15) is 25.3 Å². The average molecular weight is 394 g/mol. The maximum absolute atomic E-state index is 13.2. The molecule has 0 radical (unpaired) electrons. The van der Waals surface area contributed by atoms with Crippen LogP contribution >= 0.6 is 0 Å². The molecule has 154 valence electrons. The summed E-state index contributed by atoms with van der Waals surface area (Å²) < 4.78 is 0. The summed E-state index contributed by atoms with van der Waals surface area (Å²) in [6, 6.07) is 18.0. The van der Waals surface area contributed by atoms with Crippen molar-refractivity contribution in [2.75, 3.05) is 37.6 Å². The van der Waals surface area contributed by atoms with Crippen molar-refractivity contribution in [1.82, 2.24) is 9.80 Å². The molecule has 29 heavy (non-hydrogen) atoms. The molecule has 1 N–H and O–H groups in total. The van der Waals surface area contributed by atoms with Crippen LogP contribution in [0.5, 0.6) is 5.75 Å². The second-order valence-electron chi connectivity index (χ2n) is 8.36. The molecule has 2 fully saturated rings. The Labute approximate surface area is 173 Å². The maximum Gasteiger partial charge on any atom is 0.237 e. The molecule has 0 aromatic heterocycles. The molecule has 1 saturated heterocycles. The van der Waals surface area contributed by atoms with Gasteiger partial charge in [0.05, 0.1) is 6.54 Å². The molecule has 2 aromatic rings. The number of amides is 1. The highest BCUT2D eigenvalue weighted by Crippen LogP contribution is 2.35. The first-order valence-electron chi connectivity index (χ1n) is 10.7. The SMILES string of the molecule is C[C@H](C1CC1)N(Cc1ccccc1)C(=O)CN1CCN(c2ccc(O)cc2)CC1. The number of aromatic hydroxyl groups is 1. The highest BCUT2D eigenvalue weighted by Gasteiger charge is 2.35. The van der Waals surface area contributed by atoms with E-state index in [1.54, 1.807) is 12.1 Å². The minimum atomic E-state index is 0.242. The molecule has 1 saturated carbocycles. The van der Waals surface area contributed by atoms with Crippen LogP contribution in [-0.2, 0) is 11.3 Å². The number of benzene rings is 2. The van der Waals surface area contributed by atoms with Crippen molar-refractivity contribution in [2.24, 2.45) is 5.92 Å². The van der Waals surface area contributed by atoms with Gasteiger partial charge >= 0.3 is 0 Å². The Morgan fingerprint density at radius 2 is 1.69 bits per heavy atom. The molecule has 0 spiro atoms. The number of anilines is 1. The number of hydrogen-bond acceptors (Lipinski definition) is 4. The Hall–Kier alpha value is -2.53. The van der Waals surface area contributed by atoms with Gasteiger partial charge in [-0.05, 0) is 55.5 Å². The van der Waals surface area contributed by atoms with Crippen LogP contribution in [0.4, 0.5) is 5.69 Å². The molecule has 5 heteroatoms. The quantitative estimate of drug-likeness (QED) is 0.784. The fraction of sp³-hybridized carbons (Fsp3) is 0.458. The lowest BCUT2D eigenvalue weighted by molar-refractivity contribution is -0.135. The normalized spacial score (nSPS) is 18.4. The van der Waals surface area contributed by atoms with Crippen LogP contribution in [0.3, 0.4) is 0 Å². The Bertz CT molecular complexity index is 797. The van der Waals surface area contributed by atoms with Crippen molar-refractivity contribution < 1.29 is 9.90 Å². The van der Waals surface area contributed by atoms with E-state index in [-0.39, 0.29) is 5.91 Å². The predicted octanol–water partition coefficient (Wildman–Crippen LogP) is 3.34. The van der Waals surface area contributed by atoms with E-state index in [2.05, 4.69) is 33.8 Å². The van der Waals surface area contributed by atoms with Crippen LogP contribution in [0.2, 0.25) is 0 Å². The topological polar surface area (TPSA) is 47.0 Å². The third-order valence-electron chi connectivity index (χ3n) is 6.26. The fourth-order valence-corrected chi connectivity index (χ4v) is 4.18. The minimum absolute atomic E-state index is 0.242. The summed E-state index contributed by atoms with van der Waals surface area (Å²) >= 11 is 0. The number of carbonyl (C=O) groups is 1. The second-order valence-corrected chi connectivity index (χ2v) is 8.36. The van der Waals surface area contributed by atoms with Crippen LogP contribution in [0.25, 0.3) is 0 Å². The molecule has 0 bridgehead atoms. The van der Waals surface area contributed by atoms with Crippen LogP contribution in [0, 0.1) is 5.92 Å². The number of nitrogens with zero attached hydrogens (tertiary/aromatic N) is 3. The lowest BCUT2D eigenvalue weighted by atomic mass is 10.1. The third kappa shape index (κ3) is 5.10. The van der Waals surface area contributed by atoms with Gasteiger partial charge in [0.2, 0.25) is 5.91 Å². The molecule has 1 aliphatic carbocycles. The number of carbonyl (C=O) groups excluding carboxylic acids is 1. The van der Waals surface area contributed by atoms with Gasteiger partial charge in [-0.3, -0.25) is 9.69 Å². The number of hydrogen-bond donors (Lipinski definition) is 1. The molecule has 1 aliphatic heterocycles. The van der Waals surface area contributed by atoms with E-state index in [0.717, 1.165) is 31.9 Å². The summed E-state index contributed by atoms with van der Waals surface area (Å²) in [6.07, 6.45) is 2.48. The summed E-state index contributed by atoms with van der Waals surface area (Å²) in [5.74, 6) is 1.20. The molecule has 2 aromatic carbocycles. The second kappa shape index (κ2) is 8.87. The van der Waals surface area contributed by atoms with E-state index in [1.807, 2.05) is 30.3 Å². The van der Waals surface area contributed by atoms with Crippen molar-refractivity contribution in [3.63, 3.8) is 0 Å². The van der Waals surface area contributed by atoms with Gasteiger partial charge in [-0.15, -0.1) is 0 Å². The maximum atomic E-state index is 13.2. The lowest BCUT2D eigenvalue weighted by Gasteiger charge is -2.37. The zero-order chi connectivity index (χ0) is 20.2. The first kappa shape index (κ1) is 19.8. The molecule has 1 heterocycles. The summed E-state index contributed by atoms with van der Waals surface area (Å²) in [7, 11) is 0. The highest BCUT2D eigenvalue weighted by molar-refractivity contribution is 5.78. The Morgan fingerprint density at radius 1 is 1.03 bits per heavy atom. The van der Waals surface area contributed by atoms with Crippen molar-refractivity contribution >= 4 is 11.6 Å². The van der Waals surface area contributed by atoms with Gasteiger partial charge in [-0.2, -0.15) is 0 Å². The van der Waals surface area contributed by atoms with E-state index < -0.39 is 0 Å². The minimum Gasteiger partial charge on any atom is -0.508 e. The van der Waals surface area contributed by atoms with Gasteiger partial charge in [0.1, 0.15) is 5.75 Å². The molecule has 5 nitrogen and oxygen atoms in total. The van der Waals surface area contributed by atoms with E-state index in [9.17, 15) is 9.90 Å². The van der Waals surface area contributed by atoms with Gasteiger partial charge in [-0.1, -0.05) is 30.3 Å². The van der Waals surface area contributed by atoms with Crippen LogP contribution < -0.4 is 4.90 Å². The third-order valence-corrected chi connectivity index (χ3v) is 6.26. The van der Waals surface area contributed by atoms with Gasteiger partial charge in [0.15, 0.2) is 0 Å². The van der Waals surface area contributed by atoms with Gasteiger partial charge < -0.3 is 14.9 Å². The van der Waals surface area contributed by atoms with E-state index in [4.69, 9.17) is 0 Å². The zero-order valence-electron chi connectivity index (χ0n) is 17.2. The number of piperazine rings is 1. The first-order chi connectivity index (χ1) is 14.1. The van der Waals surface area contributed by atoms with Gasteiger partial charge in [-0.25, -0.2) is 0 Å². The largest absolute Gasteiger partial charge is 0.508 e. The Kier molecular flexibility index (Phi) is 6.05. The van der Waals surface area contributed by atoms with Crippen molar-refractivity contribution in [3.05, 3.63) is 60.2 Å². The summed E-state index contributed by atoms with van der Waals surface area (Å²) in [6.45, 7) is 6.95. The van der Waals surface area contributed by atoms with Crippen LogP contribution in [-0.4, -0.2) is 59.6 Å². The molecule has 1 amide bonds. The molecule has 4 rings (SSSR count). The molecular formula is C24H31N3O2. The number of phenols is 1. The summed E-state index contributed by atoms with van der Waals surface area (Å²) in [5, 5.41) is 9.47.